The maximum Gasteiger partial charge on any atom is 0.270 e. The van der Waals surface area contributed by atoms with E-state index >= 15 is 0 Å². The maximum absolute atomic E-state index is 13.1. The van der Waals surface area contributed by atoms with Gasteiger partial charge in [-0.15, -0.1) is 0 Å². The Morgan fingerprint density at radius 3 is 2.44 bits per heavy atom. The van der Waals surface area contributed by atoms with Crippen molar-refractivity contribution in [1.29, 1.82) is 0 Å². The van der Waals surface area contributed by atoms with Crippen molar-refractivity contribution in [3.63, 3.8) is 0 Å². The minimum Gasteiger partial charge on any atom is -0.497 e. The van der Waals surface area contributed by atoms with Gasteiger partial charge in [0.15, 0.2) is 0 Å². The highest BCUT2D eigenvalue weighted by atomic mass is 35.5. The molecule has 0 aliphatic heterocycles. The SMILES string of the molecule is COc1ccc(OC)c(N(CC(=O)Cl)S(=O)(=O)c2cccc([N+](=O)[O-])c2)c1. The Labute approximate surface area is 160 Å². The zero-order chi connectivity index (χ0) is 20.2. The van der Waals surface area contributed by atoms with Crippen LogP contribution in [0.25, 0.3) is 0 Å². The van der Waals surface area contributed by atoms with Crippen molar-refractivity contribution in [2.45, 2.75) is 4.90 Å². The van der Waals surface area contributed by atoms with Crippen LogP contribution in [0.15, 0.2) is 47.4 Å². The summed E-state index contributed by atoms with van der Waals surface area (Å²) in [7, 11) is -1.66. The van der Waals surface area contributed by atoms with Gasteiger partial charge in [-0.2, -0.15) is 0 Å². The Kier molecular flexibility index (Phi) is 6.24. The minimum absolute atomic E-state index is 0.00245. The van der Waals surface area contributed by atoms with Crippen molar-refractivity contribution in [2.24, 2.45) is 0 Å². The second-order valence-corrected chi connectivity index (χ2v) is 7.44. The predicted octanol–water partition coefficient (Wildman–Crippen LogP) is 2.57. The zero-order valence-electron chi connectivity index (χ0n) is 14.3. The van der Waals surface area contributed by atoms with E-state index in [1.54, 1.807) is 6.07 Å². The summed E-state index contributed by atoms with van der Waals surface area (Å²) in [6, 6.07) is 8.82. The lowest BCUT2D eigenvalue weighted by Gasteiger charge is -2.25. The summed E-state index contributed by atoms with van der Waals surface area (Å²) >= 11 is 5.44. The smallest absolute Gasteiger partial charge is 0.270 e. The summed E-state index contributed by atoms with van der Waals surface area (Å²) < 4.78 is 37.2. The van der Waals surface area contributed by atoms with E-state index < -0.39 is 32.4 Å². The molecule has 11 heteroatoms. The fraction of sp³-hybridized carbons (Fsp3) is 0.188. The van der Waals surface area contributed by atoms with Crippen LogP contribution in [0.3, 0.4) is 0 Å². The molecule has 9 nitrogen and oxygen atoms in total. The zero-order valence-corrected chi connectivity index (χ0v) is 15.9. The Morgan fingerprint density at radius 1 is 1.19 bits per heavy atom. The van der Waals surface area contributed by atoms with Gasteiger partial charge in [-0.3, -0.25) is 19.2 Å². The molecule has 2 rings (SSSR count). The molecule has 2 aromatic carbocycles. The van der Waals surface area contributed by atoms with E-state index in [2.05, 4.69) is 0 Å². The first-order chi connectivity index (χ1) is 12.7. The molecule has 144 valence electrons. The molecule has 0 bridgehead atoms. The van der Waals surface area contributed by atoms with Crippen LogP contribution < -0.4 is 13.8 Å². The highest BCUT2D eigenvalue weighted by molar-refractivity contribution is 7.92. The van der Waals surface area contributed by atoms with Crippen molar-refractivity contribution in [1.82, 2.24) is 0 Å². The van der Waals surface area contributed by atoms with E-state index in [4.69, 9.17) is 21.1 Å². The fourth-order valence-electron chi connectivity index (χ4n) is 2.29. The van der Waals surface area contributed by atoms with Gasteiger partial charge in [0.25, 0.3) is 15.7 Å². The Morgan fingerprint density at radius 2 is 1.89 bits per heavy atom. The molecule has 0 aliphatic carbocycles. The minimum atomic E-state index is -4.37. The summed E-state index contributed by atoms with van der Waals surface area (Å²) in [6.07, 6.45) is 0. The van der Waals surface area contributed by atoms with Crippen LogP contribution >= 0.6 is 11.6 Å². The number of carbonyl (C=O) groups is 1. The normalized spacial score (nSPS) is 10.9. The summed E-state index contributed by atoms with van der Waals surface area (Å²) in [4.78, 5) is 21.4. The molecule has 0 unspecified atom stereocenters. The summed E-state index contributed by atoms with van der Waals surface area (Å²) in [5, 5.41) is 10.0. The number of rotatable bonds is 8. The lowest BCUT2D eigenvalue weighted by atomic mass is 10.2. The number of halogens is 1. The van der Waals surface area contributed by atoms with Gasteiger partial charge in [0.1, 0.15) is 18.0 Å². The molecule has 0 spiro atoms. The average molecular weight is 415 g/mol. The molecule has 0 fully saturated rings. The summed E-state index contributed by atoms with van der Waals surface area (Å²) in [6.45, 7) is -0.712. The Hall–Kier alpha value is -2.85. The average Bonchev–Trinajstić information content (AvgIpc) is 2.65. The van der Waals surface area contributed by atoms with Crippen molar-refractivity contribution in [3.8, 4) is 11.5 Å². The lowest BCUT2D eigenvalue weighted by Crippen LogP contribution is -2.34. The first-order valence-corrected chi connectivity index (χ1v) is 9.20. The highest BCUT2D eigenvalue weighted by Crippen LogP contribution is 2.36. The topological polar surface area (TPSA) is 116 Å². The molecule has 0 aromatic heterocycles. The maximum atomic E-state index is 13.1. The number of non-ortho nitro benzene ring substituents is 1. The van der Waals surface area contributed by atoms with Crippen LogP contribution in [0.5, 0.6) is 11.5 Å². The predicted molar refractivity (Wildman–Crippen MR) is 98.0 cm³/mol. The van der Waals surface area contributed by atoms with Gasteiger partial charge >= 0.3 is 0 Å². The van der Waals surface area contributed by atoms with E-state index in [0.29, 0.717) is 10.1 Å². The third-order valence-corrected chi connectivity index (χ3v) is 5.41. The molecule has 0 saturated carbocycles. The van der Waals surface area contributed by atoms with Gasteiger partial charge in [0, 0.05) is 18.2 Å². The second-order valence-electron chi connectivity index (χ2n) is 5.16. The monoisotopic (exact) mass is 414 g/mol. The van der Waals surface area contributed by atoms with E-state index in [9.17, 15) is 23.3 Å². The molecule has 0 saturated heterocycles. The molecule has 0 heterocycles. The molecule has 2 aromatic rings. The Bertz CT molecular complexity index is 978. The molecule has 0 radical (unpaired) electrons. The van der Waals surface area contributed by atoms with Crippen molar-refractivity contribution < 1.29 is 27.6 Å². The van der Waals surface area contributed by atoms with Crippen molar-refractivity contribution >= 4 is 38.2 Å². The quantitative estimate of drug-likeness (QED) is 0.370. The van der Waals surface area contributed by atoms with Gasteiger partial charge in [-0.25, -0.2) is 8.42 Å². The number of sulfonamides is 1. The number of hydrogen-bond acceptors (Lipinski definition) is 7. The van der Waals surface area contributed by atoms with Crippen LogP contribution in [0.2, 0.25) is 0 Å². The number of ether oxygens (including phenoxy) is 2. The Balaban J connectivity index is 2.68. The van der Waals surface area contributed by atoms with Crippen LogP contribution in [0, 0.1) is 10.1 Å². The third-order valence-electron chi connectivity index (χ3n) is 3.54. The van der Waals surface area contributed by atoms with Gasteiger partial charge in [-0.05, 0) is 29.8 Å². The van der Waals surface area contributed by atoms with E-state index in [-0.39, 0.29) is 16.3 Å². The number of nitro groups is 1. The lowest BCUT2D eigenvalue weighted by molar-refractivity contribution is -0.385. The number of methoxy groups -OCH3 is 2. The van der Waals surface area contributed by atoms with Crippen molar-refractivity contribution in [3.05, 3.63) is 52.6 Å². The largest absolute Gasteiger partial charge is 0.497 e. The third kappa shape index (κ3) is 4.47. The summed E-state index contributed by atoms with van der Waals surface area (Å²) in [5.41, 5.74) is -0.414. The van der Waals surface area contributed by atoms with E-state index in [1.165, 1.54) is 38.5 Å². The fourth-order valence-corrected chi connectivity index (χ4v) is 3.94. The van der Waals surface area contributed by atoms with Gasteiger partial charge in [0.05, 0.1) is 29.7 Å². The number of benzene rings is 2. The van der Waals surface area contributed by atoms with Gasteiger partial charge in [0.2, 0.25) is 5.24 Å². The molecule has 27 heavy (non-hydrogen) atoms. The molecule has 0 amide bonds. The number of carbonyl (C=O) groups excluding carboxylic acids is 1. The first-order valence-electron chi connectivity index (χ1n) is 7.38. The van der Waals surface area contributed by atoms with Crippen LogP contribution in [-0.4, -0.2) is 39.3 Å². The van der Waals surface area contributed by atoms with Crippen LogP contribution in [-0.2, 0) is 14.8 Å². The molecule has 0 N–H and O–H groups in total. The number of nitrogens with zero attached hydrogens (tertiary/aromatic N) is 2. The van der Waals surface area contributed by atoms with E-state index in [1.807, 2.05) is 0 Å². The molecule has 0 aliphatic rings. The molecular weight excluding hydrogens is 400 g/mol. The molecular formula is C16H15ClN2O7S. The van der Waals surface area contributed by atoms with Gasteiger partial charge < -0.3 is 9.47 Å². The number of anilines is 1. The standard InChI is InChI=1S/C16H15ClN2O7S/c1-25-12-6-7-15(26-2)14(9-12)18(10-16(17)20)27(23,24)13-5-3-4-11(8-13)19(21)22/h3-9H,10H2,1-2H3. The first kappa shape index (κ1) is 20.5. The number of hydrogen-bond donors (Lipinski definition) is 0. The van der Waals surface area contributed by atoms with Gasteiger partial charge in [-0.1, -0.05) is 6.07 Å². The van der Waals surface area contributed by atoms with E-state index in [0.717, 1.165) is 12.1 Å². The van der Waals surface area contributed by atoms with Crippen LogP contribution in [0.1, 0.15) is 0 Å². The van der Waals surface area contributed by atoms with Crippen molar-refractivity contribution in [2.75, 3.05) is 25.1 Å². The highest BCUT2D eigenvalue weighted by Gasteiger charge is 2.30. The molecule has 0 atom stereocenters. The summed E-state index contributed by atoms with van der Waals surface area (Å²) in [5.74, 6) is 0.454. The van der Waals surface area contributed by atoms with Crippen LogP contribution in [0.4, 0.5) is 11.4 Å². The second kappa shape index (κ2) is 8.23. The number of nitro benzene ring substituents is 1.